The second kappa shape index (κ2) is 7.38. The summed E-state index contributed by atoms with van der Waals surface area (Å²) in [5.41, 5.74) is 0. The van der Waals surface area contributed by atoms with Crippen molar-refractivity contribution in [1.29, 1.82) is 0 Å². The Labute approximate surface area is 120 Å². The lowest BCUT2D eigenvalue weighted by Gasteiger charge is -2.24. The maximum Gasteiger partial charge on any atom is 0.243 e. The minimum absolute atomic E-state index is 0.0714. The predicted octanol–water partition coefficient (Wildman–Crippen LogP) is 2.67. The number of nitrogens with zero attached hydrogens (tertiary/aromatic N) is 1. The summed E-state index contributed by atoms with van der Waals surface area (Å²) in [6.45, 7) is 7.68. The van der Waals surface area contributed by atoms with Gasteiger partial charge in [-0.15, -0.1) is 11.3 Å². The van der Waals surface area contributed by atoms with E-state index in [1.165, 1.54) is 15.6 Å². The number of hydrogen-bond donors (Lipinski definition) is 1. The Bertz CT molecular complexity index is 479. The second-order valence-corrected chi connectivity index (χ2v) is 7.51. The number of thiophene rings is 1. The van der Waals surface area contributed by atoms with Crippen molar-refractivity contribution in [3.05, 3.63) is 16.3 Å². The molecule has 1 N–H and O–H groups in total. The van der Waals surface area contributed by atoms with Crippen molar-refractivity contribution in [2.75, 3.05) is 13.6 Å². The maximum absolute atomic E-state index is 12.5. The fraction of sp³-hybridized carbons (Fsp3) is 0.692. The van der Waals surface area contributed by atoms with Gasteiger partial charge >= 0.3 is 0 Å². The van der Waals surface area contributed by atoms with E-state index in [0.29, 0.717) is 4.90 Å². The van der Waals surface area contributed by atoms with Crippen LogP contribution in [-0.2, 0) is 16.6 Å². The lowest BCUT2D eigenvalue weighted by Crippen LogP contribution is -2.36. The van der Waals surface area contributed by atoms with Crippen LogP contribution in [0.4, 0.5) is 0 Å². The topological polar surface area (TPSA) is 49.4 Å². The Morgan fingerprint density at radius 3 is 2.47 bits per heavy atom. The zero-order valence-corrected chi connectivity index (χ0v) is 13.8. The van der Waals surface area contributed by atoms with E-state index in [1.54, 1.807) is 18.5 Å². The highest BCUT2D eigenvalue weighted by atomic mass is 32.2. The SMILES string of the molecule is CCNCc1cc(S(=O)(=O)N(C)C(CC)CC)cs1. The van der Waals surface area contributed by atoms with Crippen molar-refractivity contribution in [3.63, 3.8) is 0 Å². The highest BCUT2D eigenvalue weighted by Gasteiger charge is 2.26. The van der Waals surface area contributed by atoms with Crippen LogP contribution in [0.5, 0.6) is 0 Å². The summed E-state index contributed by atoms with van der Waals surface area (Å²) in [6, 6.07) is 1.85. The summed E-state index contributed by atoms with van der Waals surface area (Å²) in [4.78, 5) is 1.47. The van der Waals surface area contributed by atoms with E-state index in [2.05, 4.69) is 5.32 Å². The third-order valence-electron chi connectivity index (χ3n) is 3.31. The third kappa shape index (κ3) is 4.02. The van der Waals surface area contributed by atoms with Crippen molar-refractivity contribution in [1.82, 2.24) is 9.62 Å². The van der Waals surface area contributed by atoms with Gasteiger partial charge in [-0.05, 0) is 25.5 Å². The van der Waals surface area contributed by atoms with E-state index in [0.717, 1.165) is 30.8 Å². The van der Waals surface area contributed by atoms with Gasteiger partial charge in [0.05, 0.1) is 4.90 Å². The molecule has 0 aliphatic carbocycles. The van der Waals surface area contributed by atoms with E-state index in [1.807, 2.05) is 20.8 Å². The van der Waals surface area contributed by atoms with Crippen molar-refractivity contribution in [3.8, 4) is 0 Å². The Hall–Kier alpha value is -0.430. The zero-order valence-electron chi connectivity index (χ0n) is 12.1. The first-order chi connectivity index (χ1) is 8.97. The molecule has 0 atom stereocenters. The zero-order chi connectivity index (χ0) is 14.5. The average Bonchev–Trinajstić information content (AvgIpc) is 2.87. The number of rotatable bonds is 8. The molecule has 0 radical (unpaired) electrons. The first kappa shape index (κ1) is 16.6. The summed E-state index contributed by atoms with van der Waals surface area (Å²) in [6.07, 6.45) is 1.67. The lowest BCUT2D eigenvalue weighted by atomic mass is 10.2. The third-order valence-corrected chi connectivity index (χ3v) is 6.29. The Morgan fingerprint density at radius 1 is 1.32 bits per heavy atom. The molecule has 0 fully saturated rings. The van der Waals surface area contributed by atoms with Gasteiger partial charge in [-0.3, -0.25) is 0 Å². The van der Waals surface area contributed by atoms with Crippen LogP contribution in [0.15, 0.2) is 16.3 Å². The summed E-state index contributed by atoms with van der Waals surface area (Å²) in [5.74, 6) is 0. The summed E-state index contributed by atoms with van der Waals surface area (Å²) >= 11 is 1.49. The Kier molecular flexibility index (Phi) is 6.46. The van der Waals surface area contributed by atoms with Gasteiger partial charge in [0.1, 0.15) is 0 Å². The Balaban J connectivity index is 2.90. The van der Waals surface area contributed by atoms with Crippen LogP contribution in [0, 0.1) is 0 Å². The van der Waals surface area contributed by atoms with E-state index >= 15 is 0 Å². The van der Waals surface area contributed by atoms with Crippen LogP contribution in [-0.4, -0.2) is 32.4 Å². The molecule has 4 nitrogen and oxygen atoms in total. The van der Waals surface area contributed by atoms with Crippen LogP contribution < -0.4 is 5.32 Å². The van der Waals surface area contributed by atoms with Gasteiger partial charge < -0.3 is 5.32 Å². The van der Waals surface area contributed by atoms with Gasteiger partial charge in [-0.2, -0.15) is 4.31 Å². The largest absolute Gasteiger partial charge is 0.312 e. The molecule has 0 aliphatic rings. The molecule has 1 heterocycles. The number of nitrogens with one attached hydrogen (secondary N) is 1. The minimum atomic E-state index is -3.35. The predicted molar refractivity (Wildman–Crippen MR) is 81.0 cm³/mol. The number of sulfonamides is 1. The molecule has 0 bridgehead atoms. The lowest BCUT2D eigenvalue weighted by molar-refractivity contribution is 0.350. The molecule has 0 aliphatic heterocycles. The number of hydrogen-bond acceptors (Lipinski definition) is 4. The van der Waals surface area contributed by atoms with Gasteiger partial charge in [0.2, 0.25) is 10.0 Å². The molecular formula is C13H24N2O2S2. The summed E-state index contributed by atoms with van der Waals surface area (Å²) < 4.78 is 26.5. The van der Waals surface area contributed by atoms with Gasteiger partial charge in [0, 0.05) is 29.9 Å². The average molecular weight is 304 g/mol. The van der Waals surface area contributed by atoms with E-state index in [-0.39, 0.29) is 6.04 Å². The first-order valence-electron chi connectivity index (χ1n) is 6.73. The molecule has 0 spiro atoms. The smallest absolute Gasteiger partial charge is 0.243 e. The first-order valence-corrected chi connectivity index (χ1v) is 9.05. The van der Waals surface area contributed by atoms with E-state index in [4.69, 9.17) is 0 Å². The van der Waals surface area contributed by atoms with Crippen molar-refractivity contribution < 1.29 is 8.42 Å². The van der Waals surface area contributed by atoms with Crippen LogP contribution in [0.2, 0.25) is 0 Å². The minimum Gasteiger partial charge on any atom is -0.312 e. The molecule has 1 aromatic rings. The van der Waals surface area contributed by atoms with E-state index in [9.17, 15) is 8.42 Å². The molecule has 0 amide bonds. The summed E-state index contributed by atoms with van der Waals surface area (Å²) in [5, 5.41) is 4.94. The molecule has 0 aromatic carbocycles. The fourth-order valence-electron chi connectivity index (χ4n) is 2.00. The van der Waals surface area contributed by atoms with Gasteiger partial charge in [-0.25, -0.2) is 8.42 Å². The molecule has 19 heavy (non-hydrogen) atoms. The molecular weight excluding hydrogens is 280 g/mol. The highest BCUT2D eigenvalue weighted by molar-refractivity contribution is 7.89. The van der Waals surface area contributed by atoms with Crippen LogP contribution in [0.3, 0.4) is 0 Å². The standard InChI is InChI=1S/C13H24N2O2S2/c1-5-11(6-2)15(4)19(16,17)13-8-12(18-10-13)9-14-7-3/h8,10-11,14H,5-7,9H2,1-4H3. The van der Waals surface area contributed by atoms with Crippen molar-refractivity contribution in [2.45, 2.75) is 51.1 Å². The molecule has 110 valence electrons. The Morgan fingerprint density at radius 2 is 1.95 bits per heavy atom. The quantitative estimate of drug-likeness (QED) is 0.803. The van der Waals surface area contributed by atoms with Crippen LogP contribution in [0.1, 0.15) is 38.5 Å². The normalized spacial score (nSPS) is 12.5. The van der Waals surface area contributed by atoms with Crippen molar-refractivity contribution in [2.24, 2.45) is 0 Å². The molecule has 0 unspecified atom stereocenters. The van der Waals surface area contributed by atoms with Crippen molar-refractivity contribution >= 4 is 21.4 Å². The molecule has 0 saturated carbocycles. The molecule has 1 rings (SSSR count). The molecule has 6 heteroatoms. The van der Waals surface area contributed by atoms with Crippen LogP contribution >= 0.6 is 11.3 Å². The van der Waals surface area contributed by atoms with Gasteiger partial charge in [0.25, 0.3) is 0 Å². The van der Waals surface area contributed by atoms with Crippen LogP contribution in [0.25, 0.3) is 0 Å². The molecule has 0 saturated heterocycles. The highest BCUT2D eigenvalue weighted by Crippen LogP contribution is 2.24. The fourth-order valence-corrected chi connectivity index (χ4v) is 4.74. The summed E-state index contributed by atoms with van der Waals surface area (Å²) in [7, 11) is -1.68. The molecule has 1 aromatic heterocycles. The van der Waals surface area contributed by atoms with Gasteiger partial charge in [0.15, 0.2) is 0 Å². The second-order valence-electron chi connectivity index (χ2n) is 4.52. The monoisotopic (exact) mass is 304 g/mol. The van der Waals surface area contributed by atoms with Gasteiger partial charge in [-0.1, -0.05) is 20.8 Å². The maximum atomic E-state index is 12.5. The van der Waals surface area contributed by atoms with E-state index < -0.39 is 10.0 Å².